The van der Waals surface area contributed by atoms with Gasteiger partial charge in [-0.2, -0.15) is 10.4 Å². The van der Waals surface area contributed by atoms with Crippen LogP contribution in [0.25, 0.3) is 10.8 Å². The summed E-state index contributed by atoms with van der Waals surface area (Å²) in [6, 6.07) is 12.2. The topological polar surface area (TPSA) is 65.2 Å². The lowest BCUT2D eigenvalue weighted by atomic mass is 10.0. The summed E-state index contributed by atoms with van der Waals surface area (Å²) in [6.07, 6.45) is 3.63. The number of benzene rings is 2. The molecule has 20 heavy (non-hydrogen) atoms. The Labute approximate surface area is 116 Å². The number of carbonyl (C=O) groups is 1. The van der Waals surface area contributed by atoms with E-state index in [0.29, 0.717) is 0 Å². The van der Waals surface area contributed by atoms with E-state index < -0.39 is 5.91 Å². The molecule has 0 bridgehead atoms. The zero-order chi connectivity index (χ0) is 13.9. The minimum atomic E-state index is -0.394. The molecule has 2 aromatic carbocycles. The standard InChI is InChI=1S/C16H13N3O/c17-9-8-15(20)19-18-10-13-7-6-12-5-4-11-2-1-3-14(13)16(11)12/h1-3,6-7,10H,4-5,8H2,(H,19,20)/b18-10-. The number of nitrogens with one attached hydrogen (secondary N) is 1. The van der Waals surface area contributed by atoms with Crippen molar-refractivity contribution in [1.82, 2.24) is 5.43 Å². The number of hydrogen-bond acceptors (Lipinski definition) is 3. The molecule has 0 saturated carbocycles. The Morgan fingerprint density at radius 2 is 2.10 bits per heavy atom. The molecule has 1 aliphatic rings. The third-order valence-electron chi connectivity index (χ3n) is 3.54. The molecule has 1 N–H and O–H groups in total. The molecule has 0 saturated heterocycles. The van der Waals surface area contributed by atoms with E-state index in [0.717, 1.165) is 23.8 Å². The van der Waals surface area contributed by atoms with Crippen molar-refractivity contribution in [2.45, 2.75) is 19.3 Å². The fourth-order valence-electron chi connectivity index (χ4n) is 2.67. The largest absolute Gasteiger partial charge is 0.272 e. The molecule has 98 valence electrons. The Bertz CT molecular complexity index is 746. The molecule has 0 unspecified atom stereocenters. The van der Waals surface area contributed by atoms with E-state index in [1.807, 2.05) is 6.07 Å². The second-order valence-electron chi connectivity index (χ2n) is 4.78. The van der Waals surface area contributed by atoms with Gasteiger partial charge >= 0.3 is 0 Å². The number of amides is 1. The van der Waals surface area contributed by atoms with Crippen molar-refractivity contribution < 1.29 is 4.79 Å². The summed E-state index contributed by atoms with van der Waals surface area (Å²) in [5.74, 6) is -0.394. The maximum atomic E-state index is 11.2. The quantitative estimate of drug-likeness (QED) is 0.682. The Kier molecular flexibility index (Phi) is 3.18. The van der Waals surface area contributed by atoms with E-state index in [1.54, 1.807) is 12.3 Å². The number of rotatable bonds is 3. The van der Waals surface area contributed by atoms with Crippen LogP contribution in [0.1, 0.15) is 23.1 Å². The lowest BCUT2D eigenvalue weighted by molar-refractivity contribution is -0.120. The highest BCUT2D eigenvalue weighted by Crippen LogP contribution is 2.32. The van der Waals surface area contributed by atoms with Gasteiger partial charge in [0.15, 0.2) is 0 Å². The average molecular weight is 263 g/mol. The predicted molar refractivity (Wildman–Crippen MR) is 77.3 cm³/mol. The second-order valence-corrected chi connectivity index (χ2v) is 4.78. The summed E-state index contributed by atoms with van der Waals surface area (Å²) in [5.41, 5.74) is 6.08. The molecule has 4 heteroatoms. The molecule has 0 radical (unpaired) electrons. The van der Waals surface area contributed by atoms with Gasteiger partial charge in [-0.05, 0) is 34.7 Å². The number of hydrazone groups is 1. The summed E-state index contributed by atoms with van der Waals surface area (Å²) in [4.78, 5) is 11.2. The molecule has 0 fully saturated rings. The van der Waals surface area contributed by atoms with Crippen LogP contribution in [0.2, 0.25) is 0 Å². The molecule has 1 amide bonds. The number of nitriles is 1. The first-order valence-electron chi connectivity index (χ1n) is 6.52. The highest BCUT2D eigenvalue weighted by molar-refractivity contribution is 6.03. The van der Waals surface area contributed by atoms with Crippen molar-refractivity contribution in [2.24, 2.45) is 5.10 Å². The molecule has 0 atom stereocenters. The molecule has 2 aromatic rings. The van der Waals surface area contributed by atoms with Crippen LogP contribution in [0, 0.1) is 11.3 Å². The Morgan fingerprint density at radius 3 is 2.90 bits per heavy atom. The van der Waals surface area contributed by atoms with E-state index in [9.17, 15) is 4.79 Å². The van der Waals surface area contributed by atoms with Crippen molar-refractivity contribution in [2.75, 3.05) is 0 Å². The molecule has 1 aliphatic carbocycles. The van der Waals surface area contributed by atoms with Crippen molar-refractivity contribution >= 4 is 22.9 Å². The Morgan fingerprint density at radius 1 is 1.30 bits per heavy atom. The summed E-state index contributed by atoms with van der Waals surface area (Å²) in [6.45, 7) is 0. The summed E-state index contributed by atoms with van der Waals surface area (Å²) >= 11 is 0. The SMILES string of the molecule is N#CCC(=O)N/N=C\c1ccc2c3c(cccc13)CC2. The molecular weight excluding hydrogens is 250 g/mol. The van der Waals surface area contributed by atoms with Gasteiger partial charge in [-0.25, -0.2) is 5.43 Å². The van der Waals surface area contributed by atoms with E-state index in [1.165, 1.54) is 16.5 Å². The maximum absolute atomic E-state index is 11.2. The monoisotopic (exact) mass is 263 g/mol. The number of aryl methyl sites for hydroxylation is 2. The van der Waals surface area contributed by atoms with Gasteiger partial charge in [0.2, 0.25) is 0 Å². The van der Waals surface area contributed by atoms with Gasteiger partial charge in [0.1, 0.15) is 6.42 Å². The molecule has 0 aliphatic heterocycles. The van der Waals surface area contributed by atoms with Gasteiger partial charge in [0, 0.05) is 5.56 Å². The van der Waals surface area contributed by atoms with Gasteiger partial charge in [-0.1, -0.05) is 30.3 Å². The number of hydrogen-bond donors (Lipinski definition) is 1. The van der Waals surface area contributed by atoms with Crippen LogP contribution in [0.4, 0.5) is 0 Å². The van der Waals surface area contributed by atoms with Gasteiger partial charge in [0.25, 0.3) is 5.91 Å². The Hall–Kier alpha value is -2.67. The van der Waals surface area contributed by atoms with Crippen LogP contribution in [0.15, 0.2) is 35.4 Å². The van der Waals surface area contributed by atoms with Crippen molar-refractivity contribution in [1.29, 1.82) is 5.26 Å². The van der Waals surface area contributed by atoms with E-state index in [4.69, 9.17) is 5.26 Å². The first-order chi connectivity index (χ1) is 9.79. The minimum Gasteiger partial charge on any atom is -0.272 e. The van der Waals surface area contributed by atoms with Gasteiger partial charge in [-0.15, -0.1) is 0 Å². The fraction of sp³-hybridized carbons (Fsp3) is 0.188. The highest BCUT2D eigenvalue weighted by atomic mass is 16.2. The number of carbonyl (C=O) groups excluding carboxylic acids is 1. The molecule has 4 nitrogen and oxygen atoms in total. The van der Waals surface area contributed by atoms with E-state index in [-0.39, 0.29) is 6.42 Å². The summed E-state index contributed by atoms with van der Waals surface area (Å²) in [7, 11) is 0. The normalized spacial score (nSPS) is 12.8. The highest BCUT2D eigenvalue weighted by Gasteiger charge is 2.14. The van der Waals surface area contributed by atoms with Crippen molar-refractivity contribution in [3.05, 3.63) is 47.0 Å². The average Bonchev–Trinajstić information content (AvgIpc) is 2.87. The van der Waals surface area contributed by atoms with Crippen LogP contribution in [0.3, 0.4) is 0 Å². The molecule has 3 rings (SSSR count). The zero-order valence-electron chi connectivity index (χ0n) is 10.9. The predicted octanol–water partition coefficient (Wildman–Crippen LogP) is 2.30. The lowest BCUT2D eigenvalue weighted by Crippen LogP contribution is -2.16. The molecule has 0 aromatic heterocycles. The summed E-state index contributed by atoms with van der Waals surface area (Å²) < 4.78 is 0. The van der Waals surface area contributed by atoms with Gasteiger partial charge in [0.05, 0.1) is 12.3 Å². The molecular formula is C16H13N3O. The molecule has 0 heterocycles. The van der Waals surface area contributed by atoms with Crippen LogP contribution in [0.5, 0.6) is 0 Å². The summed E-state index contributed by atoms with van der Waals surface area (Å²) in [5, 5.41) is 14.8. The van der Waals surface area contributed by atoms with Crippen molar-refractivity contribution in [3.63, 3.8) is 0 Å². The van der Waals surface area contributed by atoms with Gasteiger partial charge in [-0.3, -0.25) is 4.79 Å². The van der Waals surface area contributed by atoms with E-state index in [2.05, 4.69) is 34.8 Å². The number of nitrogens with zero attached hydrogens (tertiary/aromatic N) is 2. The lowest BCUT2D eigenvalue weighted by Gasteiger charge is -2.05. The second kappa shape index (κ2) is 5.14. The first kappa shape index (κ1) is 12.4. The van der Waals surface area contributed by atoms with Crippen LogP contribution in [-0.2, 0) is 17.6 Å². The first-order valence-corrected chi connectivity index (χ1v) is 6.52. The third-order valence-corrected chi connectivity index (χ3v) is 3.54. The van der Waals surface area contributed by atoms with E-state index >= 15 is 0 Å². The molecule has 0 spiro atoms. The maximum Gasteiger partial charge on any atom is 0.254 e. The fourth-order valence-corrected chi connectivity index (χ4v) is 2.67. The van der Waals surface area contributed by atoms with Crippen molar-refractivity contribution in [3.8, 4) is 6.07 Å². The zero-order valence-corrected chi connectivity index (χ0v) is 10.9. The van der Waals surface area contributed by atoms with Gasteiger partial charge < -0.3 is 0 Å². The minimum absolute atomic E-state index is 0.179. The van der Waals surface area contributed by atoms with Crippen LogP contribution < -0.4 is 5.43 Å². The van der Waals surface area contributed by atoms with Crippen LogP contribution >= 0.6 is 0 Å². The smallest absolute Gasteiger partial charge is 0.254 e. The Balaban J connectivity index is 1.92. The van der Waals surface area contributed by atoms with Crippen LogP contribution in [-0.4, -0.2) is 12.1 Å². The third kappa shape index (κ3) is 2.14.